The van der Waals surface area contributed by atoms with Crippen LogP contribution >= 0.6 is 0 Å². The lowest BCUT2D eigenvalue weighted by molar-refractivity contribution is 0.0680. The van der Waals surface area contributed by atoms with Gasteiger partial charge in [0.15, 0.2) is 9.84 Å². The molecule has 0 bridgehead atoms. The maximum absolute atomic E-state index is 13.2. The van der Waals surface area contributed by atoms with Gasteiger partial charge < -0.3 is 14.4 Å². The molecule has 7 heteroatoms. The Morgan fingerprint density at radius 3 is 2.37 bits per heavy atom. The van der Waals surface area contributed by atoms with Crippen molar-refractivity contribution in [3.8, 4) is 11.5 Å². The van der Waals surface area contributed by atoms with Crippen LogP contribution in [0.25, 0.3) is 0 Å². The number of nitrogens with zero attached hydrogens (tertiary/aromatic N) is 1. The minimum absolute atomic E-state index is 0.00726. The normalized spacial score (nSPS) is 18.1. The van der Waals surface area contributed by atoms with Crippen molar-refractivity contribution < 1.29 is 22.7 Å². The Labute approximate surface area is 159 Å². The van der Waals surface area contributed by atoms with E-state index in [0.717, 1.165) is 5.56 Å². The van der Waals surface area contributed by atoms with E-state index in [-0.39, 0.29) is 23.5 Å². The molecule has 0 saturated carbocycles. The molecule has 1 aliphatic rings. The second kappa shape index (κ2) is 8.00. The summed E-state index contributed by atoms with van der Waals surface area (Å²) in [6, 6.07) is 14.0. The Hall–Kier alpha value is -2.54. The van der Waals surface area contributed by atoms with Crippen LogP contribution in [0.5, 0.6) is 11.5 Å². The number of carbonyl (C=O) groups excluding carboxylic acids is 1. The third kappa shape index (κ3) is 4.60. The molecule has 3 rings (SSSR count). The number of hydrogen-bond donors (Lipinski definition) is 0. The molecule has 1 atom stereocenters. The second-order valence-electron chi connectivity index (χ2n) is 6.57. The van der Waals surface area contributed by atoms with Crippen LogP contribution in [0.4, 0.5) is 0 Å². The average molecular weight is 389 g/mol. The highest BCUT2D eigenvalue weighted by atomic mass is 32.2. The first-order valence-electron chi connectivity index (χ1n) is 8.70. The van der Waals surface area contributed by atoms with Gasteiger partial charge in [-0.25, -0.2) is 8.42 Å². The Balaban J connectivity index is 1.92. The van der Waals surface area contributed by atoms with E-state index in [1.165, 1.54) is 0 Å². The average Bonchev–Trinajstić information content (AvgIpc) is 3.05. The number of rotatable bonds is 6. The van der Waals surface area contributed by atoms with Crippen LogP contribution in [-0.4, -0.2) is 51.0 Å². The van der Waals surface area contributed by atoms with Crippen LogP contribution in [0.3, 0.4) is 0 Å². The number of methoxy groups -OCH3 is 2. The molecule has 1 aliphatic heterocycles. The van der Waals surface area contributed by atoms with Crippen molar-refractivity contribution in [3.05, 3.63) is 59.7 Å². The van der Waals surface area contributed by atoms with Crippen LogP contribution in [0, 0.1) is 0 Å². The molecule has 0 spiro atoms. The molecule has 6 nitrogen and oxygen atoms in total. The SMILES string of the molecule is COc1cccc(CN(C(=O)c2cccc(OC)c2)[C@H]2CCS(=O)(=O)C2)c1. The first kappa shape index (κ1) is 19.2. The van der Waals surface area contributed by atoms with Crippen molar-refractivity contribution in [1.82, 2.24) is 4.90 Å². The van der Waals surface area contributed by atoms with E-state index >= 15 is 0 Å². The molecule has 2 aromatic carbocycles. The van der Waals surface area contributed by atoms with Crippen molar-refractivity contribution in [2.75, 3.05) is 25.7 Å². The molecular formula is C20H23NO5S. The molecule has 0 aromatic heterocycles. The van der Waals surface area contributed by atoms with Crippen molar-refractivity contribution in [1.29, 1.82) is 0 Å². The third-order valence-corrected chi connectivity index (χ3v) is 6.46. The summed E-state index contributed by atoms with van der Waals surface area (Å²) in [6.45, 7) is 0.313. The lowest BCUT2D eigenvalue weighted by atomic mass is 10.1. The summed E-state index contributed by atoms with van der Waals surface area (Å²) in [5, 5.41) is 0. The first-order valence-corrected chi connectivity index (χ1v) is 10.5. The van der Waals surface area contributed by atoms with Gasteiger partial charge in [0.25, 0.3) is 5.91 Å². The summed E-state index contributed by atoms with van der Waals surface area (Å²) in [5.74, 6) is 1.17. The lowest BCUT2D eigenvalue weighted by Gasteiger charge is -2.29. The molecular weight excluding hydrogens is 366 g/mol. The van der Waals surface area contributed by atoms with Gasteiger partial charge in [-0.15, -0.1) is 0 Å². The van der Waals surface area contributed by atoms with Crippen molar-refractivity contribution >= 4 is 15.7 Å². The van der Waals surface area contributed by atoms with E-state index in [4.69, 9.17) is 9.47 Å². The minimum Gasteiger partial charge on any atom is -0.497 e. The van der Waals surface area contributed by atoms with Crippen LogP contribution in [0.1, 0.15) is 22.3 Å². The van der Waals surface area contributed by atoms with Crippen LogP contribution in [-0.2, 0) is 16.4 Å². The number of sulfone groups is 1. The second-order valence-corrected chi connectivity index (χ2v) is 8.80. The molecule has 144 valence electrons. The van der Waals surface area contributed by atoms with Gasteiger partial charge in [0, 0.05) is 18.2 Å². The van der Waals surface area contributed by atoms with Crippen LogP contribution in [0.15, 0.2) is 48.5 Å². The smallest absolute Gasteiger partial charge is 0.254 e. The predicted molar refractivity (Wildman–Crippen MR) is 103 cm³/mol. The molecule has 0 radical (unpaired) electrons. The molecule has 0 unspecified atom stereocenters. The third-order valence-electron chi connectivity index (χ3n) is 4.71. The topological polar surface area (TPSA) is 72.9 Å². The number of benzene rings is 2. The molecule has 1 heterocycles. The summed E-state index contributed by atoms with van der Waals surface area (Å²) in [4.78, 5) is 14.9. The van der Waals surface area contributed by atoms with E-state index < -0.39 is 9.84 Å². The largest absolute Gasteiger partial charge is 0.497 e. The number of carbonyl (C=O) groups is 1. The van der Waals surface area contributed by atoms with Gasteiger partial charge in [-0.3, -0.25) is 4.79 Å². The number of ether oxygens (including phenoxy) is 2. The molecule has 2 aromatic rings. The predicted octanol–water partition coefficient (Wildman–Crippen LogP) is 2.53. The Kier molecular flexibility index (Phi) is 5.70. The fourth-order valence-corrected chi connectivity index (χ4v) is 5.01. The Bertz CT molecular complexity index is 925. The van der Waals surface area contributed by atoms with Gasteiger partial charge >= 0.3 is 0 Å². The zero-order valence-corrected chi connectivity index (χ0v) is 16.2. The summed E-state index contributed by atoms with van der Waals surface area (Å²) in [6.07, 6.45) is 0.446. The van der Waals surface area contributed by atoms with Crippen molar-refractivity contribution in [3.63, 3.8) is 0 Å². The van der Waals surface area contributed by atoms with Gasteiger partial charge in [-0.1, -0.05) is 18.2 Å². The standard InChI is InChI=1S/C20H23NO5S/c1-25-18-7-3-5-15(11-18)13-21(17-9-10-27(23,24)14-17)20(22)16-6-4-8-19(12-16)26-2/h3-8,11-12,17H,9-10,13-14H2,1-2H3/t17-/m0/s1. The zero-order chi connectivity index (χ0) is 19.4. The lowest BCUT2D eigenvalue weighted by Crippen LogP contribution is -2.40. The van der Waals surface area contributed by atoms with E-state index in [1.54, 1.807) is 43.4 Å². The zero-order valence-electron chi connectivity index (χ0n) is 15.4. The van der Waals surface area contributed by atoms with Gasteiger partial charge in [-0.2, -0.15) is 0 Å². The first-order chi connectivity index (χ1) is 12.9. The molecule has 1 amide bonds. The van der Waals surface area contributed by atoms with Gasteiger partial charge in [0.2, 0.25) is 0 Å². The monoisotopic (exact) mass is 389 g/mol. The van der Waals surface area contributed by atoms with E-state index in [1.807, 2.05) is 24.3 Å². The van der Waals surface area contributed by atoms with Crippen molar-refractivity contribution in [2.45, 2.75) is 19.0 Å². The molecule has 27 heavy (non-hydrogen) atoms. The Morgan fingerprint density at radius 1 is 1.07 bits per heavy atom. The highest BCUT2D eigenvalue weighted by molar-refractivity contribution is 7.91. The summed E-state index contributed by atoms with van der Waals surface area (Å²) < 4.78 is 34.4. The van der Waals surface area contributed by atoms with Crippen molar-refractivity contribution in [2.24, 2.45) is 0 Å². The molecule has 0 aliphatic carbocycles. The highest BCUT2D eigenvalue weighted by Crippen LogP contribution is 2.24. The highest BCUT2D eigenvalue weighted by Gasteiger charge is 2.35. The molecule has 0 N–H and O–H groups in total. The fraction of sp³-hybridized carbons (Fsp3) is 0.350. The van der Waals surface area contributed by atoms with Crippen LogP contribution < -0.4 is 9.47 Å². The minimum atomic E-state index is -3.12. The van der Waals surface area contributed by atoms with Gasteiger partial charge in [0.1, 0.15) is 11.5 Å². The Morgan fingerprint density at radius 2 is 1.74 bits per heavy atom. The molecule has 1 fully saturated rings. The van der Waals surface area contributed by atoms with Crippen LogP contribution in [0.2, 0.25) is 0 Å². The van der Waals surface area contributed by atoms with E-state index in [9.17, 15) is 13.2 Å². The summed E-state index contributed by atoms with van der Waals surface area (Å²) >= 11 is 0. The fourth-order valence-electron chi connectivity index (χ4n) is 3.28. The number of amides is 1. The van der Waals surface area contributed by atoms with Gasteiger partial charge in [0.05, 0.1) is 25.7 Å². The molecule has 1 saturated heterocycles. The maximum atomic E-state index is 13.2. The van der Waals surface area contributed by atoms with Gasteiger partial charge in [-0.05, 0) is 42.3 Å². The summed E-state index contributed by atoms with van der Waals surface area (Å²) in [5.41, 5.74) is 1.36. The maximum Gasteiger partial charge on any atom is 0.254 e. The summed E-state index contributed by atoms with van der Waals surface area (Å²) in [7, 11) is 0.0106. The number of hydrogen-bond acceptors (Lipinski definition) is 5. The van der Waals surface area contributed by atoms with E-state index in [0.29, 0.717) is 30.0 Å². The quantitative estimate of drug-likeness (QED) is 0.759. The van der Waals surface area contributed by atoms with E-state index in [2.05, 4.69) is 0 Å².